The SMILES string of the molecule is CCCC(CN)C(=O)NC(C)(C)COC. The van der Waals surface area contributed by atoms with E-state index in [-0.39, 0.29) is 17.4 Å². The normalized spacial score (nSPS) is 13.7. The fourth-order valence-electron chi connectivity index (χ4n) is 1.54. The Bertz CT molecular complexity index is 193. The fourth-order valence-corrected chi connectivity index (χ4v) is 1.54. The Morgan fingerprint density at radius 3 is 2.53 bits per heavy atom. The molecule has 0 aromatic heterocycles. The molecule has 0 rings (SSSR count). The van der Waals surface area contributed by atoms with Gasteiger partial charge in [0.2, 0.25) is 5.91 Å². The number of carbonyl (C=O) groups excluding carboxylic acids is 1. The van der Waals surface area contributed by atoms with Gasteiger partial charge < -0.3 is 15.8 Å². The molecule has 0 saturated carbocycles. The molecule has 0 aromatic rings. The topological polar surface area (TPSA) is 64.4 Å². The van der Waals surface area contributed by atoms with E-state index in [1.165, 1.54) is 0 Å². The number of amides is 1. The number of hydrogen-bond acceptors (Lipinski definition) is 3. The molecule has 3 N–H and O–H groups in total. The smallest absolute Gasteiger partial charge is 0.224 e. The van der Waals surface area contributed by atoms with Crippen molar-refractivity contribution in [3.63, 3.8) is 0 Å². The van der Waals surface area contributed by atoms with E-state index in [9.17, 15) is 4.79 Å². The van der Waals surface area contributed by atoms with Gasteiger partial charge in [0, 0.05) is 13.7 Å². The van der Waals surface area contributed by atoms with E-state index in [1.54, 1.807) is 7.11 Å². The molecular formula is C11H24N2O2. The average molecular weight is 216 g/mol. The number of methoxy groups -OCH3 is 1. The minimum Gasteiger partial charge on any atom is -0.382 e. The molecule has 0 fully saturated rings. The lowest BCUT2D eigenvalue weighted by Gasteiger charge is -2.27. The monoisotopic (exact) mass is 216 g/mol. The van der Waals surface area contributed by atoms with Crippen LogP contribution in [0.4, 0.5) is 0 Å². The van der Waals surface area contributed by atoms with Crippen molar-refractivity contribution in [3.8, 4) is 0 Å². The van der Waals surface area contributed by atoms with Gasteiger partial charge in [-0.2, -0.15) is 0 Å². The van der Waals surface area contributed by atoms with Crippen molar-refractivity contribution in [1.82, 2.24) is 5.32 Å². The summed E-state index contributed by atoms with van der Waals surface area (Å²) in [7, 11) is 1.63. The van der Waals surface area contributed by atoms with E-state index in [0.29, 0.717) is 13.2 Å². The summed E-state index contributed by atoms with van der Waals surface area (Å²) in [4.78, 5) is 11.8. The summed E-state index contributed by atoms with van der Waals surface area (Å²) < 4.78 is 5.03. The van der Waals surface area contributed by atoms with Crippen LogP contribution in [0, 0.1) is 5.92 Å². The molecule has 0 aliphatic carbocycles. The lowest BCUT2D eigenvalue weighted by atomic mass is 10.00. The van der Waals surface area contributed by atoms with Crippen molar-refractivity contribution in [2.45, 2.75) is 39.2 Å². The molecule has 4 heteroatoms. The first-order chi connectivity index (χ1) is 6.96. The van der Waals surface area contributed by atoms with E-state index in [2.05, 4.69) is 12.2 Å². The zero-order valence-corrected chi connectivity index (χ0v) is 10.3. The molecule has 0 bridgehead atoms. The molecule has 0 aliphatic heterocycles. The predicted molar refractivity (Wildman–Crippen MR) is 61.6 cm³/mol. The highest BCUT2D eigenvalue weighted by Crippen LogP contribution is 2.08. The van der Waals surface area contributed by atoms with Crippen molar-refractivity contribution < 1.29 is 9.53 Å². The molecule has 15 heavy (non-hydrogen) atoms. The number of hydrogen-bond donors (Lipinski definition) is 2. The molecule has 1 unspecified atom stereocenters. The first-order valence-electron chi connectivity index (χ1n) is 5.48. The van der Waals surface area contributed by atoms with Gasteiger partial charge in [0.25, 0.3) is 0 Å². The lowest BCUT2D eigenvalue weighted by Crippen LogP contribution is -2.50. The van der Waals surface area contributed by atoms with Crippen LogP contribution in [-0.2, 0) is 9.53 Å². The molecule has 0 spiro atoms. The molecule has 90 valence electrons. The summed E-state index contributed by atoms with van der Waals surface area (Å²) in [6.07, 6.45) is 1.81. The van der Waals surface area contributed by atoms with Crippen LogP contribution >= 0.6 is 0 Å². The van der Waals surface area contributed by atoms with Gasteiger partial charge in [-0.1, -0.05) is 13.3 Å². The van der Waals surface area contributed by atoms with Crippen molar-refractivity contribution in [2.24, 2.45) is 11.7 Å². The number of carbonyl (C=O) groups is 1. The number of ether oxygens (including phenoxy) is 1. The Labute approximate surface area is 92.6 Å². The minimum atomic E-state index is -0.326. The largest absolute Gasteiger partial charge is 0.382 e. The standard InChI is InChI=1S/C11H24N2O2/c1-5-6-9(7-12)10(14)13-11(2,3)8-15-4/h9H,5-8,12H2,1-4H3,(H,13,14). The third-order valence-electron chi connectivity index (χ3n) is 2.26. The molecular weight excluding hydrogens is 192 g/mol. The summed E-state index contributed by atoms with van der Waals surface area (Å²) in [5, 5.41) is 2.95. The summed E-state index contributed by atoms with van der Waals surface area (Å²) in [5.41, 5.74) is 5.23. The van der Waals surface area contributed by atoms with Crippen LogP contribution in [-0.4, -0.2) is 31.7 Å². The van der Waals surface area contributed by atoms with Crippen molar-refractivity contribution in [2.75, 3.05) is 20.3 Å². The van der Waals surface area contributed by atoms with Gasteiger partial charge >= 0.3 is 0 Å². The Morgan fingerprint density at radius 1 is 1.53 bits per heavy atom. The first kappa shape index (κ1) is 14.4. The number of nitrogens with two attached hydrogens (primary N) is 1. The van der Waals surface area contributed by atoms with Crippen LogP contribution in [0.25, 0.3) is 0 Å². The Balaban J connectivity index is 4.19. The third kappa shape index (κ3) is 5.74. The summed E-state index contributed by atoms with van der Waals surface area (Å²) in [5.74, 6) is -0.0486. The molecule has 4 nitrogen and oxygen atoms in total. The maximum Gasteiger partial charge on any atom is 0.224 e. The second kappa shape index (κ2) is 6.80. The van der Waals surface area contributed by atoms with E-state index in [4.69, 9.17) is 10.5 Å². The maximum atomic E-state index is 11.8. The van der Waals surface area contributed by atoms with Crippen LogP contribution < -0.4 is 11.1 Å². The summed E-state index contributed by atoms with van der Waals surface area (Å²) >= 11 is 0. The molecule has 1 amide bonds. The molecule has 0 radical (unpaired) electrons. The van der Waals surface area contributed by atoms with Crippen LogP contribution in [0.3, 0.4) is 0 Å². The predicted octanol–water partition coefficient (Wildman–Crippen LogP) is 0.903. The van der Waals surface area contributed by atoms with Crippen molar-refractivity contribution >= 4 is 5.91 Å². The van der Waals surface area contributed by atoms with Crippen molar-refractivity contribution in [1.29, 1.82) is 0 Å². The van der Waals surface area contributed by atoms with Gasteiger partial charge in [-0.25, -0.2) is 0 Å². The highest BCUT2D eigenvalue weighted by atomic mass is 16.5. The molecule has 0 aromatic carbocycles. The maximum absolute atomic E-state index is 11.8. The second-order valence-corrected chi connectivity index (χ2v) is 4.53. The summed E-state index contributed by atoms with van der Waals surface area (Å²) in [6.45, 7) is 6.84. The van der Waals surface area contributed by atoms with E-state index in [1.807, 2.05) is 13.8 Å². The van der Waals surface area contributed by atoms with Gasteiger partial charge in [-0.05, 0) is 20.3 Å². The zero-order chi connectivity index (χ0) is 11.9. The Kier molecular flexibility index (Phi) is 6.52. The molecule has 0 aliphatic rings. The highest BCUT2D eigenvalue weighted by Gasteiger charge is 2.24. The van der Waals surface area contributed by atoms with Crippen LogP contribution in [0.2, 0.25) is 0 Å². The molecule has 0 heterocycles. The number of nitrogens with one attached hydrogen (secondary N) is 1. The average Bonchev–Trinajstić information content (AvgIpc) is 2.12. The van der Waals surface area contributed by atoms with Crippen LogP contribution in [0.15, 0.2) is 0 Å². The number of rotatable bonds is 7. The zero-order valence-electron chi connectivity index (χ0n) is 10.3. The van der Waals surface area contributed by atoms with Gasteiger partial charge in [0.1, 0.15) is 0 Å². The quantitative estimate of drug-likeness (QED) is 0.664. The lowest BCUT2D eigenvalue weighted by molar-refractivity contribution is -0.127. The van der Waals surface area contributed by atoms with E-state index < -0.39 is 0 Å². The van der Waals surface area contributed by atoms with Gasteiger partial charge in [-0.15, -0.1) is 0 Å². The molecule has 0 saturated heterocycles. The van der Waals surface area contributed by atoms with Crippen LogP contribution in [0.5, 0.6) is 0 Å². The Morgan fingerprint density at radius 2 is 2.13 bits per heavy atom. The molecule has 1 atom stereocenters. The van der Waals surface area contributed by atoms with E-state index >= 15 is 0 Å². The van der Waals surface area contributed by atoms with E-state index in [0.717, 1.165) is 12.8 Å². The highest BCUT2D eigenvalue weighted by molar-refractivity contribution is 5.79. The van der Waals surface area contributed by atoms with Gasteiger partial charge in [0.15, 0.2) is 0 Å². The van der Waals surface area contributed by atoms with Crippen LogP contribution in [0.1, 0.15) is 33.6 Å². The van der Waals surface area contributed by atoms with Gasteiger partial charge in [0.05, 0.1) is 18.1 Å². The third-order valence-corrected chi connectivity index (χ3v) is 2.26. The first-order valence-corrected chi connectivity index (χ1v) is 5.48. The second-order valence-electron chi connectivity index (χ2n) is 4.53. The Hall–Kier alpha value is -0.610. The fraction of sp³-hybridized carbons (Fsp3) is 0.909. The van der Waals surface area contributed by atoms with Crippen molar-refractivity contribution in [3.05, 3.63) is 0 Å². The minimum absolute atomic E-state index is 0.0291. The summed E-state index contributed by atoms with van der Waals surface area (Å²) in [6, 6.07) is 0. The van der Waals surface area contributed by atoms with Gasteiger partial charge in [-0.3, -0.25) is 4.79 Å².